The summed E-state index contributed by atoms with van der Waals surface area (Å²) in [7, 11) is 3.80. The number of nitrogens with one attached hydrogen (secondary N) is 6. The minimum Gasteiger partial charge on any atom is -0.447 e. The van der Waals surface area contributed by atoms with Gasteiger partial charge in [-0.3, -0.25) is 29.4 Å². The maximum atomic E-state index is 11.8. The molecule has 0 aromatic heterocycles. The van der Waals surface area contributed by atoms with Gasteiger partial charge in [-0.15, -0.1) is 0 Å². The number of rotatable bonds is 16. The fourth-order valence-corrected chi connectivity index (χ4v) is 5.68. The number of carbonyl (C=O) groups is 6. The second-order valence-electron chi connectivity index (χ2n) is 7.31. The van der Waals surface area contributed by atoms with Crippen LogP contribution in [0.1, 0.15) is 32.1 Å². The van der Waals surface area contributed by atoms with E-state index >= 15 is 0 Å². The third-order valence-electron chi connectivity index (χ3n) is 4.47. The van der Waals surface area contributed by atoms with Crippen molar-refractivity contribution >= 4 is 57.2 Å². The molecule has 198 valence electrons. The highest BCUT2D eigenvalue weighted by atomic mass is 33.1. The van der Waals surface area contributed by atoms with Gasteiger partial charge < -0.3 is 31.3 Å². The second-order valence-corrected chi connectivity index (χ2v) is 10.1. The van der Waals surface area contributed by atoms with Crippen LogP contribution in [0.5, 0.6) is 0 Å². The van der Waals surface area contributed by atoms with Crippen molar-refractivity contribution in [2.45, 2.75) is 37.4 Å². The van der Waals surface area contributed by atoms with Gasteiger partial charge in [0.25, 0.3) is 0 Å². The highest BCUT2D eigenvalue weighted by Gasteiger charge is 2.16. The highest BCUT2D eigenvalue weighted by molar-refractivity contribution is 8.77. The number of unbranched alkanes of at least 4 members (excludes halogenated alkanes) is 1. The molecule has 1 unspecified atom stereocenters. The van der Waals surface area contributed by atoms with Crippen LogP contribution >= 0.6 is 21.6 Å². The zero-order chi connectivity index (χ0) is 25.9. The Balaban J connectivity index is 2.00. The van der Waals surface area contributed by atoms with E-state index in [4.69, 9.17) is 5.84 Å². The fraction of sp³-hybridized carbons (Fsp3) is 0.684. The van der Waals surface area contributed by atoms with E-state index in [0.717, 1.165) is 19.3 Å². The maximum Gasteiger partial charge on any atom is 0.421 e. The Kier molecular flexibility index (Phi) is 16.1. The molecular formula is C19H33N7O7S2. The molecular weight excluding hydrogens is 502 g/mol. The topological polar surface area (TPSA) is 210 Å². The van der Waals surface area contributed by atoms with Crippen LogP contribution in [0.2, 0.25) is 0 Å². The first-order valence-corrected chi connectivity index (χ1v) is 13.4. The van der Waals surface area contributed by atoms with Crippen molar-refractivity contribution in [1.29, 1.82) is 0 Å². The molecule has 1 heterocycles. The van der Waals surface area contributed by atoms with Crippen LogP contribution < -0.4 is 37.9 Å². The first-order chi connectivity index (χ1) is 16.8. The molecule has 1 aliphatic rings. The predicted octanol–water partition coefficient (Wildman–Crippen LogP) is -2.12. The summed E-state index contributed by atoms with van der Waals surface area (Å²) in [6, 6.07) is 0. The lowest BCUT2D eigenvalue weighted by Gasteiger charge is -2.09. The first kappa shape index (κ1) is 30.3. The van der Waals surface area contributed by atoms with E-state index in [9.17, 15) is 28.8 Å². The van der Waals surface area contributed by atoms with Crippen molar-refractivity contribution in [3.05, 3.63) is 0 Å². The number of carbonyl (C=O) groups excluding carboxylic acids is 6. The number of ether oxygens (including phenoxy) is 1. The van der Waals surface area contributed by atoms with Gasteiger partial charge in [-0.05, 0) is 19.3 Å². The quantitative estimate of drug-likeness (QED) is 0.0375. The van der Waals surface area contributed by atoms with E-state index in [-0.39, 0.29) is 38.7 Å². The largest absolute Gasteiger partial charge is 0.447 e. The Morgan fingerprint density at radius 2 is 1.31 bits per heavy atom. The van der Waals surface area contributed by atoms with Crippen LogP contribution in [0.3, 0.4) is 0 Å². The third kappa shape index (κ3) is 16.5. The summed E-state index contributed by atoms with van der Waals surface area (Å²) < 4.78 is 4.56. The Morgan fingerprint density at radius 1 is 0.771 bits per heavy atom. The smallest absolute Gasteiger partial charge is 0.421 e. The lowest BCUT2D eigenvalue weighted by molar-refractivity contribution is -0.129. The number of hydrogen-bond donors (Lipinski definition) is 7. The van der Waals surface area contributed by atoms with Crippen LogP contribution in [0.4, 0.5) is 4.79 Å². The molecule has 0 saturated carbocycles. The average molecular weight is 536 g/mol. The van der Waals surface area contributed by atoms with Gasteiger partial charge >= 0.3 is 6.09 Å². The summed E-state index contributed by atoms with van der Waals surface area (Å²) in [5.41, 5.74) is 1.75. The van der Waals surface area contributed by atoms with E-state index < -0.39 is 36.3 Å². The molecule has 0 radical (unpaired) electrons. The van der Waals surface area contributed by atoms with E-state index in [1.54, 1.807) is 5.43 Å². The van der Waals surface area contributed by atoms with Crippen molar-refractivity contribution in [2.75, 3.05) is 45.1 Å². The van der Waals surface area contributed by atoms with Crippen LogP contribution in [0.15, 0.2) is 0 Å². The molecule has 35 heavy (non-hydrogen) atoms. The van der Waals surface area contributed by atoms with Crippen molar-refractivity contribution in [1.82, 2.24) is 32.0 Å². The van der Waals surface area contributed by atoms with Crippen LogP contribution in [-0.2, 0) is 28.7 Å². The average Bonchev–Trinajstić information content (AvgIpc) is 3.37. The predicted molar refractivity (Wildman–Crippen MR) is 131 cm³/mol. The zero-order valence-corrected chi connectivity index (χ0v) is 20.9. The van der Waals surface area contributed by atoms with Gasteiger partial charge in [0.2, 0.25) is 29.5 Å². The fourth-order valence-electron chi connectivity index (χ4n) is 2.65. The molecule has 14 nitrogen and oxygen atoms in total. The maximum absolute atomic E-state index is 11.8. The molecule has 8 N–H and O–H groups in total. The number of amides is 6. The summed E-state index contributed by atoms with van der Waals surface area (Å²) in [4.78, 5) is 69.2. The van der Waals surface area contributed by atoms with Crippen molar-refractivity contribution in [3.8, 4) is 0 Å². The molecule has 0 aromatic carbocycles. The van der Waals surface area contributed by atoms with Crippen molar-refractivity contribution in [2.24, 2.45) is 5.84 Å². The molecule has 1 atom stereocenters. The summed E-state index contributed by atoms with van der Waals surface area (Å²) in [5.74, 6) is 3.51. The lowest BCUT2D eigenvalue weighted by Crippen LogP contribution is -2.45. The van der Waals surface area contributed by atoms with Gasteiger partial charge in [-0.2, -0.15) is 0 Å². The van der Waals surface area contributed by atoms with Gasteiger partial charge in [0, 0.05) is 17.4 Å². The molecule has 0 aromatic rings. The van der Waals surface area contributed by atoms with E-state index in [1.165, 1.54) is 12.2 Å². The summed E-state index contributed by atoms with van der Waals surface area (Å²) in [6.45, 7) is -1.41. The minimum atomic E-state index is -0.844. The van der Waals surface area contributed by atoms with Gasteiger partial charge in [0.05, 0.1) is 32.7 Å². The van der Waals surface area contributed by atoms with Crippen LogP contribution in [0, 0.1) is 0 Å². The first-order valence-electron chi connectivity index (χ1n) is 11.0. The zero-order valence-electron chi connectivity index (χ0n) is 19.3. The normalized spacial score (nSPS) is 14.4. The molecule has 0 bridgehead atoms. The van der Waals surface area contributed by atoms with Crippen molar-refractivity contribution in [3.63, 3.8) is 0 Å². The van der Waals surface area contributed by atoms with Crippen LogP contribution in [0.25, 0.3) is 0 Å². The standard InChI is InChI=1S/C19H33N7O7S2/c20-26-19(32)33-7-6-21-15(28)9-23-17(30)11-25-18(31)12-24-16(29)10-22-14(27)4-2-1-3-13-5-8-34-35-13/h13H,1-12,20H2,(H,21,28)(H,22,27)(H,23,30)(H,24,29)(H,25,31)(H,26,32). The van der Waals surface area contributed by atoms with Gasteiger partial charge in [-0.1, -0.05) is 28.0 Å². The molecule has 16 heteroatoms. The highest BCUT2D eigenvalue weighted by Crippen LogP contribution is 2.39. The van der Waals surface area contributed by atoms with E-state index in [2.05, 4.69) is 31.3 Å². The van der Waals surface area contributed by atoms with Gasteiger partial charge in [0.1, 0.15) is 6.61 Å². The number of nitrogens with two attached hydrogens (primary N) is 1. The van der Waals surface area contributed by atoms with E-state index in [0.29, 0.717) is 11.7 Å². The van der Waals surface area contributed by atoms with Crippen molar-refractivity contribution < 1.29 is 33.5 Å². The molecule has 6 amide bonds. The molecule has 1 aliphatic heterocycles. The molecule has 0 aliphatic carbocycles. The number of hydrazine groups is 1. The molecule has 0 spiro atoms. The molecule has 1 rings (SSSR count). The molecule has 1 saturated heterocycles. The molecule has 1 fully saturated rings. The van der Waals surface area contributed by atoms with E-state index in [1.807, 2.05) is 21.6 Å². The Morgan fingerprint density at radius 3 is 1.83 bits per heavy atom. The van der Waals surface area contributed by atoms with Gasteiger partial charge in [-0.25, -0.2) is 10.6 Å². The second kappa shape index (κ2) is 18.6. The van der Waals surface area contributed by atoms with Gasteiger partial charge in [0.15, 0.2) is 0 Å². The summed E-state index contributed by atoms with van der Waals surface area (Å²) in [5, 5.41) is 12.5. The third-order valence-corrected chi connectivity index (χ3v) is 7.47. The Hall–Kier alpha value is -2.72. The Bertz CT molecular complexity index is 736. The minimum absolute atomic E-state index is 0.0258. The summed E-state index contributed by atoms with van der Waals surface area (Å²) >= 11 is 0. The monoisotopic (exact) mass is 535 g/mol. The Labute approximate surface area is 211 Å². The summed E-state index contributed by atoms with van der Waals surface area (Å²) in [6.07, 6.45) is 3.56. The number of hydrogen-bond acceptors (Lipinski definition) is 10. The van der Waals surface area contributed by atoms with Crippen LogP contribution in [-0.4, -0.2) is 86.0 Å². The SMILES string of the molecule is NNC(=O)OCCNC(=O)CNC(=O)CNC(=O)CNC(=O)CNC(=O)CCCCC1CCSS1. The lowest BCUT2D eigenvalue weighted by atomic mass is 10.1.